The first-order valence-electron chi connectivity index (χ1n) is 4.88. The standard InChI is InChI=1S/C9H13N5S/c1(2-8-12-7-13-14-8)3-10-6-9-11-4-5-15-9/h4-5,7,10H,1-3,6H2,(H,12,13,14). The summed E-state index contributed by atoms with van der Waals surface area (Å²) in [7, 11) is 0. The lowest BCUT2D eigenvalue weighted by Gasteiger charge is -2.00. The van der Waals surface area contributed by atoms with Crippen LogP contribution in [0.1, 0.15) is 17.3 Å². The fourth-order valence-corrected chi connectivity index (χ4v) is 1.85. The molecular formula is C9H13N5S. The van der Waals surface area contributed by atoms with Crippen molar-refractivity contribution in [3.8, 4) is 0 Å². The molecule has 2 rings (SSSR count). The quantitative estimate of drug-likeness (QED) is 0.716. The number of aromatic nitrogens is 4. The van der Waals surface area contributed by atoms with Crippen molar-refractivity contribution in [2.75, 3.05) is 6.54 Å². The van der Waals surface area contributed by atoms with Gasteiger partial charge in [-0.1, -0.05) is 0 Å². The van der Waals surface area contributed by atoms with Crippen molar-refractivity contribution >= 4 is 11.3 Å². The fourth-order valence-electron chi connectivity index (χ4n) is 1.27. The van der Waals surface area contributed by atoms with Gasteiger partial charge in [0, 0.05) is 24.5 Å². The van der Waals surface area contributed by atoms with E-state index in [1.807, 2.05) is 11.6 Å². The number of nitrogens with one attached hydrogen (secondary N) is 2. The molecule has 0 saturated heterocycles. The second kappa shape index (κ2) is 5.57. The van der Waals surface area contributed by atoms with Crippen LogP contribution in [-0.2, 0) is 13.0 Å². The monoisotopic (exact) mass is 223 g/mol. The van der Waals surface area contributed by atoms with Crippen LogP contribution in [0.25, 0.3) is 0 Å². The molecule has 2 aromatic rings. The minimum absolute atomic E-state index is 0.855. The zero-order valence-electron chi connectivity index (χ0n) is 8.31. The van der Waals surface area contributed by atoms with E-state index >= 15 is 0 Å². The van der Waals surface area contributed by atoms with E-state index in [1.165, 1.54) is 0 Å². The third kappa shape index (κ3) is 3.41. The minimum atomic E-state index is 0.855. The summed E-state index contributed by atoms with van der Waals surface area (Å²) in [6.07, 6.45) is 5.36. The average molecular weight is 223 g/mol. The molecule has 15 heavy (non-hydrogen) atoms. The molecule has 0 amide bonds. The van der Waals surface area contributed by atoms with Crippen LogP contribution in [-0.4, -0.2) is 26.7 Å². The van der Waals surface area contributed by atoms with Crippen molar-refractivity contribution in [3.05, 3.63) is 28.7 Å². The zero-order valence-corrected chi connectivity index (χ0v) is 9.13. The molecule has 2 heterocycles. The molecule has 2 aromatic heterocycles. The topological polar surface area (TPSA) is 66.5 Å². The van der Waals surface area contributed by atoms with Crippen molar-refractivity contribution in [2.24, 2.45) is 0 Å². The summed E-state index contributed by atoms with van der Waals surface area (Å²) in [6.45, 7) is 1.83. The summed E-state index contributed by atoms with van der Waals surface area (Å²) in [5.41, 5.74) is 0. The predicted molar refractivity (Wildman–Crippen MR) is 58.5 cm³/mol. The second-order valence-electron chi connectivity index (χ2n) is 3.14. The van der Waals surface area contributed by atoms with Crippen LogP contribution in [0.15, 0.2) is 17.9 Å². The van der Waals surface area contributed by atoms with E-state index in [1.54, 1.807) is 17.7 Å². The maximum atomic E-state index is 4.19. The number of nitrogens with zero attached hydrogens (tertiary/aromatic N) is 3. The molecule has 0 aromatic carbocycles. The van der Waals surface area contributed by atoms with Gasteiger partial charge in [-0.2, -0.15) is 5.10 Å². The highest BCUT2D eigenvalue weighted by Crippen LogP contribution is 2.02. The van der Waals surface area contributed by atoms with Crippen LogP contribution < -0.4 is 5.32 Å². The van der Waals surface area contributed by atoms with Gasteiger partial charge in [0.2, 0.25) is 0 Å². The first kappa shape index (κ1) is 10.3. The number of aromatic amines is 1. The summed E-state index contributed by atoms with van der Waals surface area (Å²) >= 11 is 1.68. The van der Waals surface area contributed by atoms with Gasteiger partial charge in [-0.25, -0.2) is 9.97 Å². The summed E-state index contributed by atoms with van der Waals surface area (Å²) in [5.74, 6) is 0.950. The predicted octanol–water partition coefficient (Wildman–Crippen LogP) is 0.984. The number of hydrogen-bond acceptors (Lipinski definition) is 5. The molecule has 0 unspecified atom stereocenters. The van der Waals surface area contributed by atoms with E-state index in [-0.39, 0.29) is 0 Å². The minimum Gasteiger partial charge on any atom is -0.310 e. The van der Waals surface area contributed by atoms with Crippen LogP contribution in [0, 0.1) is 0 Å². The lowest BCUT2D eigenvalue weighted by atomic mass is 10.3. The van der Waals surface area contributed by atoms with Crippen molar-refractivity contribution in [1.82, 2.24) is 25.5 Å². The Labute approximate surface area is 92.0 Å². The summed E-state index contributed by atoms with van der Waals surface area (Å²) in [5, 5.41) is 13.1. The maximum absolute atomic E-state index is 4.19. The molecule has 5 nitrogen and oxygen atoms in total. The molecule has 0 bridgehead atoms. The Morgan fingerprint density at radius 2 is 2.40 bits per heavy atom. The number of H-pyrrole nitrogens is 1. The highest BCUT2D eigenvalue weighted by atomic mass is 32.1. The van der Waals surface area contributed by atoms with Crippen LogP contribution in [0.2, 0.25) is 0 Å². The molecule has 0 aliphatic heterocycles. The Hall–Kier alpha value is -1.27. The van der Waals surface area contributed by atoms with E-state index in [2.05, 4.69) is 25.5 Å². The van der Waals surface area contributed by atoms with E-state index < -0.39 is 0 Å². The normalized spacial score (nSPS) is 10.7. The van der Waals surface area contributed by atoms with Gasteiger partial charge >= 0.3 is 0 Å². The van der Waals surface area contributed by atoms with Crippen molar-refractivity contribution in [3.63, 3.8) is 0 Å². The van der Waals surface area contributed by atoms with Crippen LogP contribution in [0.3, 0.4) is 0 Å². The number of rotatable bonds is 6. The molecule has 0 fully saturated rings. The van der Waals surface area contributed by atoms with Crippen molar-refractivity contribution in [1.29, 1.82) is 0 Å². The van der Waals surface area contributed by atoms with Crippen LogP contribution >= 0.6 is 11.3 Å². The highest BCUT2D eigenvalue weighted by Gasteiger charge is 1.96. The third-order valence-corrected chi connectivity index (χ3v) is 2.77. The van der Waals surface area contributed by atoms with Gasteiger partial charge in [-0.05, 0) is 13.0 Å². The van der Waals surface area contributed by atoms with Gasteiger partial charge in [0.05, 0.1) is 0 Å². The molecule has 6 heteroatoms. The van der Waals surface area contributed by atoms with Gasteiger partial charge in [-0.15, -0.1) is 11.3 Å². The lowest BCUT2D eigenvalue weighted by Crippen LogP contribution is -2.15. The Kier molecular flexibility index (Phi) is 3.81. The number of thiazole rings is 1. The Morgan fingerprint density at radius 3 is 3.13 bits per heavy atom. The smallest absolute Gasteiger partial charge is 0.137 e. The molecule has 0 aliphatic rings. The second-order valence-corrected chi connectivity index (χ2v) is 4.12. The van der Waals surface area contributed by atoms with E-state index in [4.69, 9.17) is 0 Å². The summed E-state index contributed by atoms with van der Waals surface area (Å²) < 4.78 is 0. The molecule has 2 N–H and O–H groups in total. The van der Waals surface area contributed by atoms with Gasteiger partial charge in [0.25, 0.3) is 0 Å². The summed E-state index contributed by atoms with van der Waals surface area (Å²) in [4.78, 5) is 8.25. The number of aryl methyl sites for hydroxylation is 1. The largest absolute Gasteiger partial charge is 0.310 e. The molecule has 80 valence electrons. The van der Waals surface area contributed by atoms with Gasteiger partial charge in [0.15, 0.2) is 0 Å². The zero-order chi connectivity index (χ0) is 10.3. The van der Waals surface area contributed by atoms with Gasteiger partial charge in [-0.3, -0.25) is 5.10 Å². The SMILES string of the molecule is c1n[nH]c(CCCNCc2nccs2)n1. The molecule has 0 aliphatic carbocycles. The lowest BCUT2D eigenvalue weighted by molar-refractivity contribution is 0.638. The van der Waals surface area contributed by atoms with Gasteiger partial charge < -0.3 is 5.32 Å². The van der Waals surface area contributed by atoms with Gasteiger partial charge in [0.1, 0.15) is 17.2 Å². The first-order chi connectivity index (χ1) is 7.45. The summed E-state index contributed by atoms with van der Waals surface area (Å²) in [6, 6.07) is 0. The average Bonchev–Trinajstić information content (AvgIpc) is 2.88. The maximum Gasteiger partial charge on any atom is 0.137 e. The molecular weight excluding hydrogens is 210 g/mol. The van der Waals surface area contributed by atoms with E-state index in [0.29, 0.717) is 0 Å². The molecule has 0 atom stereocenters. The van der Waals surface area contributed by atoms with Crippen molar-refractivity contribution < 1.29 is 0 Å². The fraction of sp³-hybridized carbons (Fsp3) is 0.444. The van der Waals surface area contributed by atoms with Crippen LogP contribution in [0.4, 0.5) is 0 Å². The van der Waals surface area contributed by atoms with E-state index in [9.17, 15) is 0 Å². The Morgan fingerprint density at radius 1 is 1.40 bits per heavy atom. The Bertz CT molecular complexity index is 320. The van der Waals surface area contributed by atoms with Crippen LogP contribution in [0.5, 0.6) is 0 Å². The Balaban J connectivity index is 1.56. The first-order valence-corrected chi connectivity index (χ1v) is 5.76. The van der Waals surface area contributed by atoms with E-state index in [0.717, 1.165) is 36.8 Å². The van der Waals surface area contributed by atoms with Crippen molar-refractivity contribution in [2.45, 2.75) is 19.4 Å². The molecule has 0 saturated carbocycles. The molecule has 0 spiro atoms. The highest BCUT2D eigenvalue weighted by molar-refractivity contribution is 7.09. The third-order valence-electron chi connectivity index (χ3n) is 1.99. The molecule has 0 radical (unpaired) electrons. The number of hydrogen-bond donors (Lipinski definition) is 2.